The summed E-state index contributed by atoms with van der Waals surface area (Å²) in [6, 6.07) is 5.43. The highest BCUT2D eigenvalue weighted by Gasteiger charge is 2.16. The van der Waals surface area contributed by atoms with Crippen molar-refractivity contribution in [2.75, 3.05) is 0 Å². The molecule has 0 saturated carbocycles. The van der Waals surface area contributed by atoms with E-state index in [0.29, 0.717) is 11.7 Å². The van der Waals surface area contributed by atoms with Crippen LogP contribution in [-0.2, 0) is 0 Å². The Kier molecular flexibility index (Phi) is 3.88. The predicted molar refractivity (Wildman–Crippen MR) is 62.2 cm³/mol. The summed E-state index contributed by atoms with van der Waals surface area (Å²) in [5, 5.41) is 9.65. The Morgan fingerprint density at radius 2 is 1.81 bits per heavy atom. The number of rotatable bonds is 4. The van der Waals surface area contributed by atoms with Gasteiger partial charge in [-0.3, -0.25) is 4.84 Å². The van der Waals surface area contributed by atoms with Gasteiger partial charge >= 0.3 is 0 Å². The minimum Gasteiger partial charge on any atom is -0.276 e. The molecule has 0 radical (unpaired) electrons. The number of nitrogens with zero attached hydrogens (tertiary/aromatic N) is 1. The minimum absolute atomic E-state index is 0.202. The van der Waals surface area contributed by atoms with Crippen LogP contribution >= 0.6 is 0 Å². The van der Waals surface area contributed by atoms with Crippen LogP contribution < -0.4 is 4.84 Å². The lowest BCUT2D eigenvalue weighted by Gasteiger charge is -2.18. The van der Waals surface area contributed by atoms with Gasteiger partial charge in [0.25, 0.3) is 5.09 Å². The average Bonchev–Trinajstić information content (AvgIpc) is 2.15. The molecule has 4 heteroatoms. The highest BCUT2D eigenvalue weighted by Crippen LogP contribution is 2.33. The molecule has 0 heterocycles. The van der Waals surface area contributed by atoms with Crippen molar-refractivity contribution in [2.24, 2.45) is 0 Å². The van der Waals surface area contributed by atoms with E-state index in [1.807, 2.05) is 19.9 Å². The summed E-state index contributed by atoms with van der Waals surface area (Å²) in [6.45, 7) is 8.15. The van der Waals surface area contributed by atoms with Gasteiger partial charge in [0.05, 0.1) is 0 Å². The van der Waals surface area contributed by atoms with Crippen LogP contribution in [0.2, 0.25) is 0 Å². The summed E-state index contributed by atoms with van der Waals surface area (Å²) in [5.41, 5.74) is 2.03. The maximum Gasteiger partial charge on any atom is 0.299 e. The predicted octanol–water partition coefficient (Wildman–Crippen LogP) is 3.50. The number of hydrogen-bond acceptors (Lipinski definition) is 3. The Labute approximate surface area is 95.3 Å². The van der Waals surface area contributed by atoms with Crippen LogP contribution in [-0.4, -0.2) is 5.09 Å². The monoisotopic (exact) mass is 223 g/mol. The normalized spacial score (nSPS) is 10.9. The number of hydrogen-bond donors (Lipinski definition) is 0. The lowest BCUT2D eigenvalue weighted by atomic mass is 9.90. The van der Waals surface area contributed by atoms with Crippen molar-refractivity contribution >= 4 is 0 Å². The molecule has 0 aliphatic carbocycles. The van der Waals surface area contributed by atoms with E-state index in [-0.39, 0.29) is 5.92 Å². The third-order valence-corrected chi connectivity index (χ3v) is 2.47. The van der Waals surface area contributed by atoms with Crippen molar-refractivity contribution in [1.82, 2.24) is 0 Å². The fraction of sp³-hybridized carbons (Fsp3) is 0.500. The molecule has 88 valence electrons. The molecule has 1 aromatic carbocycles. The molecule has 1 aromatic rings. The third kappa shape index (κ3) is 2.72. The SMILES string of the molecule is CC(C)c1cccc(O[N+](=O)[O-])c1C(C)C. The summed E-state index contributed by atoms with van der Waals surface area (Å²) in [6.07, 6.45) is 0. The van der Waals surface area contributed by atoms with Crippen LogP contribution in [0.25, 0.3) is 0 Å². The first-order chi connectivity index (χ1) is 7.43. The molecule has 0 spiro atoms. The lowest BCUT2D eigenvalue weighted by molar-refractivity contribution is -0.711. The molecule has 0 unspecified atom stereocenters. The van der Waals surface area contributed by atoms with Crippen molar-refractivity contribution in [2.45, 2.75) is 39.5 Å². The molecule has 1 rings (SSSR count). The van der Waals surface area contributed by atoms with Gasteiger partial charge in [0.2, 0.25) is 0 Å². The van der Waals surface area contributed by atoms with Crippen molar-refractivity contribution < 1.29 is 9.92 Å². The second-order valence-corrected chi connectivity index (χ2v) is 4.38. The van der Waals surface area contributed by atoms with Gasteiger partial charge < -0.3 is 0 Å². The molecule has 0 N–H and O–H groups in total. The Bertz CT molecular complexity index is 386. The van der Waals surface area contributed by atoms with Crippen molar-refractivity contribution in [3.05, 3.63) is 39.4 Å². The molecular formula is C12H17NO3. The van der Waals surface area contributed by atoms with E-state index >= 15 is 0 Å². The lowest BCUT2D eigenvalue weighted by Crippen LogP contribution is -2.08. The van der Waals surface area contributed by atoms with Crippen LogP contribution in [0.3, 0.4) is 0 Å². The third-order valence-electron chi connectivity index (χ3n) is 2.47. The Morgan fingerprint density at radius 3 is 2.25 bits per heavy atom. The average molecular weight is 223 g/mol. The zero-order valence-corrected chi connectivity index (χ0v) is 10.1. The summed E-state index contributed by atoms with van der Waals surface area (Å²) in [5.74, 6) is 0.882. The van der Waals surface area contributed by atoms with Crippen LogP contribution in [0, 0.1) is 10.1 Å². The largest absolute Gasteiger partial charge is 0.299 e. The number of benzene rings is 1. The minimum atomic E-state index is -0.759. The molecule has 0 fully saturated rings. The van der Waals surface area contributed by atoms with Crippen LogP contribution in [0.1, 0.15) is 50.7 Å². The van der Waals surface area contributed by atoms with Gasteiger partial charge in [-0.1, -0.05) is 39.8 Å². The van der Waals surface area contributed by atoms with Gasteiger partial charge in [-0.2, -0.15) is 0 Å². The van der Waals surface area contributed by atoms with Crippen molar-refractivity contribution in [3.63, 3.8) is 0 Å². The zero-order valence-electron chi connectivity index (χ0n) is 10.1. The topological polar surface area (TPSA) is 52.4 Å². The van der Waals surface area contributed by atoms with Gasteiger partial charge in [0, 0.05) is 0 Å². The van der Waals surface area contributed by atoms with E-state index in [4.69, 9.17) is 0 Å². The van der Waals surface area contributed by atoms with Crippen molar-refractivity contribution in [3.8, 4) is 5.75 Å². The smallest absolute Gasteiger partial charge is 0.276 e. The van der Waals surface area contributed by atoms with E-state index in [9.17, 15) is 10.1 Å². The second kappa shape index (κ2) is 4.96. The quantitative estimate of drug-likeness (QED) is 0.579. The first-order valence-electron chi connectivity index (χ1n) is 5.38. The molecule has 0 bridgehead atoms. The van der Waals surface area contributed by atoms with E-state index < -0.39 is 5.09 Å². The maximum atomic E-state index is 10.4. The molecule has 0 aromatic heterocycles. The summed E-state index contributed by atoms with van der Waals surface area (Å²) in [7, 11) is 0. The highest BCUT2D eigenvalue weighted by molar-refractivity contribution is 5.43. The first-order valence-corrected chi connectivity index (χ1v) is 5.38. The molecule has 4 nitrogen and oxygen atoms in total. The first kappa shape index (κ1) is 12.5. The Balaban J connectivity index is 3.26. The van der Waals surface area contributed by atoms with Crippen LogP contribution in [0.4, 0.5) is 0 Å². The summed E-state index contributed by atoms with van der Waals surface area (Å²) >= 11 is 0. The summed E-state index contributed by atoms with van der Waals surface area (Å²) in [4.78, 5) is 15.0. The highest BCUT2D eigenvalue weighted by atomic mass is 17.0. The molecule has 0 atom stereocenters. The zero-order chi connectivity index (χ0) is 12.3. The van der Waals surface area contributed by atoms with E-state index in [2.05, 4.69) is 18.7 Å². The van der Waals surface area contributed by atoms with Crippen molar-refractivity contribution in [1.29, 1.82) is 0 Å². The van der Waals surface area contributed by atoms with Gasteiger partial charge in [-0.05, 0) is 29.0 Å². The molecular weight excluding hydrogens is 206 g/mol. The van der Waals surface area contributed by atoms with E-state index in [0.717, 1.165) is 11.1 Å². The molecule has 0 amide bonds. The van der Waals surface area contributed by atoms with Gasteiger partial charge in [-0.25, -0.2) is 0 Å². The van der Waals surface area contributed by atoms with Gasteiger partial charge in [-0.15, -0.1) is 10.1 Å². The standard InChI is InChI=1S/C12H17NO3/c1-8(2)10-6-5-7-11(16-13(14)15)12(10)9(3)4/h5-9H,1-4H3. The molecule has 0 aliphatic rings. The van der Waals surface area contributed by atoms with E-state index in [1.54, 1.807) is 12.1 Å². The second-order valence-electron chi connectivity index (χ2n) is 4.38. The molecule has 16 heavy (non-hydrogen) atoms. The molecule has 0 aliphatic heterocycles. The Morgan fingerprint density at radius 1 is 1.19 bits per heavy atom. The van der Waals surface area contributed by atoms with Gasteiger partial charge in [0.1, 0.15) is 5.75 Å². The fourth-order valence-electron chi connectivity index (χ4n) is 1.84. The Hall–Kier alpha value is -1.58. The van der Waals surface area contributed by atoms with E-state index in [1.165, 1.54) is 0 Å². The maximum absolute atomic E-state index is 10.4. The fourth-order valence-corrected chi connectivity index (χ4v) is 1.84. The summed E-state index contributed by atoms with van der Waals surface area (Å²) < 4.78 is 0. The van der Waals surface area contributed by atoms with Crippen LogP contribution in [0.5, 0.6) is 5.75 Å². The van der Waals surface area contributed by atoms with Gasteiger partial charge in [0.15, 0.2) is 0 Å². The molecule has 0 saturated heterocycles. The van der Waals surface area contributed by atoms with Crippen LogP contribution in [0.15, 0.2) is 18.2 Å².